The highest BCUT2D eigenvalue weighted by molar-refractivity contribution is 5.77. The lowest BCUT2D eigenvalue weighted by atomic mass is 9.76. The van der Waals surface area contributed by atoms with Crippen LogP contribution in [0, 0.1) is 5.92 Å². The Morgan fingerprint density at radius 3 is 2.27 bits per heavy atom. The van der Waals surface area contributed by atoms with Gasteiger partial charge in [0.05, 0.1) is 12.7 Å². The number of alkyl halides is 6. The van der Waals surface area contributed by atoms with Crippen LogP contribution in [-0.4, -0.2) is 36.1 Å². The molecular weight excluding hydrogens is 370 g/mol. The molecule has 0 bridgehead atoms. The Kier molecular flexibility index (Phi) is 4.95. The second kappa shape index (κ2) is 6.33. The topological polar surface area (TPSA) is 55.8 Å². The van der Waals surface area contributed by atoms with Crippen LogP contribution in [0.1, 0.15) is 30.9 Å². The van der Waals surface area contributed by atoms with Crippen LogP contribution in [0.5, 0.6) is 5.75 Å². The zero-order chi connectivity index (χ0) is 20.1. The van der Waals surface area contributed by atoms with Crippen molar-refractivity contribution in [3.8, 4) is 5.75 Å². The van der Waals surface area contributed by atoms with E-state index in [-0.39, 0.29) is 0 Å². The molecule has 10 heteroatoms. The molecule has 1 saturated heterocycles. The number of ether oxygens (including phenoxy) is 2. The number of esters is 1. The van der Waals surface area contributed by atoms with Gasteiger partial charge in [0.1, 0.15) is 5.75 Å². The Balaban J connectivity index is 2.64. The van der Waals surface area contributed by atoms with Crippen molar-refractivity contribution < 1.29 is 45.7 Å². The van der Waals surface area contributed by atoms with Crippen molar-refractivity contribution in [1.82, 2.24) is 0 Å². The minimum atomic E-state index is -4.92. The molecule has 0 amide bonds. The maximum absolute atomic E-state index is 13.5. The first-order valence-electron chi connectivity index (χ1n) is 7.47. The Bertz CT molecular complexity index is 699. The fraction of sp³-hybridized carbons (Fsp3) is 0.562. The zero-order valence-electron chi connectivity index (χ0n) is 13.9. The molecule has 0 radical (unpaired) electrons. The third-order valence-electron chi connectivity index (χ3n) is 4.83. The highest BCUT2D eigenvalue weighted by Crippen LogP contribution is 2.55. The van der Waals surface area contributed by atoms with Crippen LogP contribution in [0.25, 0.3) is 0 Å². The molecule has 1 aliphatic heterocycles. The van der Waals surface area contributed by atoms with Gasteiger partial charge in [-0.2, -0.15) is 26.3 Å². The first-order chi connectivity index (χ1) is 11.8. The van der Waals surface area contributed by atoms with E-state index >= 15 is 0 Å². The van der Waals surface area contributed by atoms with Crippen molar-refractivity contribution in [3.05, 3.63) is 29.3 Å². The normalized spacial score (nSPS) is 29.7. The summed E-state index contributed by atoms with van der Waals surface area (Å²) in [6, 6.07) is 2.57. The number of phenolic OH excluding ortho intramolecular Hbond substituents is 1. The minimum Gasteiger partial charge on any atom is -0.507 e. The molecule has 1 aromatic carbocycles. The standard InChI is InChI=1S/C16H16F6O4/c1-7-10(8-5-4-6-9(11(8)23)15(17,18)19)12(13(24)25-3)26-14(7,2)16(20,21)22/h4-7,10,12,23H,1-3H3/t7?,10?,12-,14?/m1/s1. The Morgan fingerprint density at radius 2 is 1.81 bits per heavy atom. The van der Waals surface area contributed by atoms with E-state index in [1.54, 1.807) is 0 Å². The summed E-state index contributed by atoms with van der Waals surface area (Å²) in [6.07, 6.45) is -11.6. The molecule has 1 aromatic rings. The fourth-order valence-electron chi connectivity index (χ4n) is 3.18. The number of carbonyl (C=O) groups excluding carboxylic acids is 1. The van der Waals surface area contributed by atoms with Gasteiger partial charge in [0, 0.05) is 17.4 Å². The largest absolute Gasteiger partial charge is 0.507 e. The van der Waals surface area contributed by atoms with Gasteiger partial charge in [-0.3, -0.25) is 0 Å². The molecule has 26 heavy (non-hydrogen) atoms. The van der Waals surface area contributed by atoms with Crippen molar-refractivity contribution in [3.63, 3.8) is 0 Å². The SMILES string of the molecule is COC(=O)[C@@H]1OC(C)(C(F)(F)F)C(C)C1c1cccc(C(F)(F)F)c1O. The van der Waals surface area contributed by atoms with Gasteiger partial charge in [-0.1, -0.05) is 19.1 Å². The van der Waals surface area contributed by atoms with E-state index in [9.17, 15) is 36.2 Å². The summed E-state index contributed by atoms with van der Waals surface area (Å²) < 4.78 is 88.8. The van der Waals surface area contributed by atoms with E-state index in [2.05, 4.69) is 4.74 Å². The van der Waals surface area contributed by atoms with E-state index in [0.717, 1.165) is 26.2 Å². The zero-order valence-corrected chi connectivity index (χ0v) is 13.9. The number of halogens is 6. The molecular formula is C16H16F6O4. The molecule has 1 aliphatic rings. The molecule has 4 nitrogen and oxygen atoms in total. The summed E-state index contributed by atoms with van der Waals surface area (Å²) in [7, 11) is 0.919. The summed E-state index contributed by atoms with van der Waals surface area (Å²) in [5.74, 6) is -5.37. The van der Waals surface area contributed by atoms with E-state index in [1.807, 2.05) is 0 Å². The lowest BCUT2D eigenvalue weighted by Gasteiger charge is -2.31. The van der Waals surface area contributed by atoms with Crippen LogP contribution in [-0.2, 0) is 20.4 Å². The van der Waals surface area contributed by atoms with Crippen molar-refractivity contribution in [2.24, 2.45) is 5.92 Å². The second-order valence-corrected chi connectivity index (χ2v) is 6.22. The smallest absolute Gasteiger partial charge is 0.419 e. The molecule has 4 atom stereocenters. The van der Waals surface area contributed by atoms with Gasteiger partial charge >= 0.3 is 18.3 Å². The van der Waals surface area contributed by atoms with Crippen molar-refractivity contribution in [2.75, 3.05) is 7.11 Å². The maximum Gasteiger partial charge on any atom is 0.419 e. The van der Waals surface area contributed by atoms with E-state index < -0.39 is 58.7 Å². The molecule has 146 valence electrons. The van der Waals surface area contributed by atoms with Gasteiger partial charge in [-0.05, 0) is 13.0 Å². The molecule has 3 unspecified atom stereocenters. The molecule has 1 fully saturated rings. The van der Waals surface area contributed by atoms with Gasteiger partial charge in [0.25, 0.3) is 0 Å². The molecule has 0 aromatic heterocycles. The third kappa shape index (κ3) is 3.10. The van der Waals surface area contributed by atoms with Crippen molar-refractivity contribution in [1.29, 1.82) is 0 Å². The predicted octanol–water partition coefficient (Wildman–Crippen LogP) is 4.02. The molecule has 1 N–H and O–H groups in total. The number of carbonyl (C=O) groups is 1. The predicted molar refractivity (Wildman–Crippen MR) is 76.4 cm³/mol. The Hall–Kier alpha value is -1.97. The summed E-state index contributed by atoms with van der Waals surface area (Å²) in [5.41, 5.74) is -4.68. The van der Waals surface area contributed by atoms with Crippen LogP contribution in [0.15, 0.2) is 18.2 Å². The Morgan fingerprint density at radius 1 is 1.23 bits per heavy atom. The van der Waals surface area contributed by atoms with Crippen LogP contribution < -0.4 is 0 Å². The van der Waals surface area contributed by atoms with Gasteiger partial charge in [-0.25, -0.2) is 4.79 Å². The van der Waals surface area contributed by atoms with Gasteiger partial charge in [0.2, 0.25) is 0 Å². The maximum atomic E-state index is 13.5. The molecule has 0 spiro atoms. The van der Waals surface area contributed by atoms with Gasteiger partial charge in [-0.15, -0.1) is 0 Å². The quantitative estimate of drug-likeness (QED) is 0.616. The third-order valence-corrected chi connectivity index (χ3v) is 4.83. The highest BCUT2D eigenvalue weighted by atomic mass is 19.4. The number of para-hydroxylation sites is 1. The number of aromatic hydroxyl groups is 1. The van der Waals surface area contributed by atoms with Crippen molar-refractivity contribution >= 4 is 5.97 Å². The number of hydrogen-bond acceptors (Lipinski definition) is 4. The summed E-state index contributed by atoms with van der Waals surface area (Å²) in [6.45, 7) is 1.80. The lowest BCUT2D eigenvalue weighted by molar-refractivity contribution is -0.274. The van der Waals surface area contributed by atoms with E-state index in [4.69, 9.17) is 4.74 Å². The van der Waals surface area contributed by atoms with Gasteiger partial charge < -0.3 is 14.6 Å². The number of phenols is 1. The number of methoxy groups -OCH3 is 1. The van der Waals surface area contributed by atoms with Crippen molar-refractivity contribution in [2.45, 2.75) is 43.8 Å². The van der Waals surface area contributed by atoms with Crippen LogP contribution >= 0.6 is 0 Å². The van der Waals surface area contributed by atoms with Gasteiger partial charge in [0.15, 0.2) is 11.7 Å². The monoisotopic (exact) mass is 386 g/mol. The first-order valence-corrected chi connectivity index (χ1v) is 7.47. The first kappa shape index (κ1) is 20.3. The molecule has 1 heterocycles. The minimum absolute atomic E-state index is 0.462. The molecule has 0 saturated carbocycles. The van der Waals surface area contributed by atoms with E-state index in [1.165, 1.54) is 0 Å². The van der Waals surface area contributed by atoms with E-state index in [0.29, 0.717) is 13.0 Å². The van der Waals surface area contributed by atoms with Crippen LogP contribution in [0.3, 0.4) is 0 Å². The second-order valence-electron chi connectivity index (χ2n) is 6.22. The number of rotatable bonds is 2. The summed E-state index contributed by atoms with van der Waals surface area (Å²) in [5, 5.41) is 10.0. The average Bonchev–Trinajstić information content (AvgIpc) is 2.79. The summed E-state index contributed by atoms with van der Waals surface area (Å²) >= 11 is 0. The fourth-order valence-corrected chi connectivity index (χ4v) is 3.18. The van der Waals surface area contributed by atoms with Crippen LogP contribution in [0.4, 0.5) is 26.3 Å². The highest BCUT2D eigenvalue weighted by Gasteiger charge is 2.66. The molecule has 2 rings (SSSR count). The number of hydrogen-bond donors (Lipinski definition) is 1. The lowest BCUT2D eigenvalue weighted by Crippen LogP contribution is -2.47. The molecule has 0 aliphatic carbocycles. The average molecular weight is 386 g/mol. The summed E-state index contributed by atoms with van der Waals surface area (Å²) in [4.78, 5) is 11.9. The van der Waals surface area contributed by atoms with Crippen LogP contribution in [0.2, 0.25) is 0 Å². The number of benzene rings is 1. The Labute approximate surface area is 144 Å².